The Balaban J connectivity index is 5.43. The van der Waals surface area contributed by atoms with Crippen LogP contribution in [0.2, 0.25) is 0 Å². The Morgan fingerprint density at radius 3 is 1.94 bits per heavy atom. The van der Waals surface area contributed by atoms with Gasteiger partial charge in [-0.25, -0.2) is 4.79 Å². The summed E-state index contributed by atoms with van der Waals surface area (Å²) in [5.41, 5.74) is 16.5. The van der Waals surface area contributed by atoms with Crippen LogP contribution in [0.5, 0.6) is 0 Å². The first kappa shape index (κ1) is 31.0. The lowest BCUT2D eigenvalue weighted by Gasteiger charge is -2.25. The molecule has 0 aliphatic heterocycles. The fourth-order valence-electron chi connectivity index (χ4n) is 2.70. The Labute approximate surface area is 203 Å². The van der Waals surface area contributed by atoms with E-state index in [1.54, 1.807) is 0 Å². The van der Waals surface area contributed by atoms with E-state index in [0.29, 0.717) is 31.6 Å². The molecule has 0 heterocycles. The highest BCUT2D eigenvalue weighted by atomic mass is 32.2. The van der Waals surface area contributed by atoms with Gasteiger partial charge in [-0.1, -0.05) is 0 Å². The van der Waals surface area contributed by atoms with Crippen LogP contribution in [0.3, 0.4) is 0 Å². The SMILES string of the molecule is CSCCC(N)C(=O)NC(CCCCN)C(=O)NC(CCC(N)=O)C(=O)NC(CS)C(=O)O. The van der Waals surface area contributed by atoms with Crippen LogP contribution in [0.4, 0.5) is 0 Å². The van der Waals surface area contributed by atoms with Crippen LogP contribution >= 0.6 is 24.4 Å². The molecule has 0 bridgehead atoms. The van der Waals surface area contributed by atoms with E-state index in [0.717, 1.165) is 0 Å². The van der Waals surface area contributed by atoms with Gasteiger partial charge < -0.3 is 38.3 Å². The molecule has 0 aromatic heterocycles. The summed E-state index contributed by atoms with van der Waals surface area (Å²) in [6.45, 7) is 0.402. The molecule has 190 valence electrons. The Morgan fingerprint density at radius 1 is 0.909 bits per heavy atom. The van der Waals surface area contributed by atoms with Gasteiger partial charge in [-0.05, 0) is 50.7 Å². The Bertz CT molecular complexity index is 669. The van der Waals surface area contributed by atoms with Crippen molar-refractivity contribution < 1.29 is 29.1 Å². The predicted molar refractivity (Wildman–Crippen MR) is 130 cm³/mol. The number of carboxylic acids is 1. The van der Waals surface area contributed by atoms with E-state index < -0.39 is 53.8 Å². The Kier molecular flexibility index (Phi) is 16.4. The van der Waals surface area contributed by atoms with Crippen molar-refractivity contribution in [2.24, 2.45) is 17.2 Å². The molecule has 0 aliphatic carbocycles. The first-order valence-electron chi connectivity index (χ1n) is 10.5. The Morgan fingerprint density at radius 2 is 1.45 bits per heavy atom. The highest BCUT2D eigenvalue weighted by Gasteiger charge is 2.30. The van der Waals surface area contributed by atoms with Crippen molar-refractivity contribution in [2.45, 2.75) is 62.7 Å². The van der Waals surface area contributed by atoms with E-state index in [1.807, 2.05) is 6.26 Å². The van der Waals surface area contributed by atoms with E-state index in [2.05, 4.69) is 28.6 Å². The third-order valence-electron chi connectivity index (χ3n) is 4.66. The predicted octanol–water partition coefficient (Wildman–Crippen LogP) is -2.07. The normalized spacial score (nSPS) is 14.4. The summed E-state index contributed by atoms with van der Waals surface area (Å²) in [5.74, 6) is -3.48. The van der Waals surface area contributed by atoms with Gasteiger partial charge in [0.25, 0.3) is 0 Å². The number of carboxylic acid groups (broad SMARTS) is 1. The number of hydrogen-bond acceptors (Lipinski definition) is 9. The minimum atomic E-state index is -1.30. The Hall–Kier alpha value is -2.03. The number of carbonyl (C=O) groups is 5. The maximum atomic E-state index is 12.9. The van der Waals surface area contributed by atoms with Crippen LogP contribution < -0.4 is 33.2 Å². The zero-order valence-corrected chi connectivity index (χ0v) is 20.5. The summed E-state index contributed by atoms with van der Waals surface area (Å²) in [6.07, 6.45) is 3.34. The van der Waals surface area contributed by atoms with E-state index in [1.165, 1.54) is 11.8 Å². The van der Waals surface area contributed by atoms with Gasteiger partial charge in [0.1, 0.15) is 18.1 Å². The molecule has 33 heavy (non-hydrogen) atoms. The van der Waals surface area contributed by atoms with Gasteiger partial charge >= 0.3 is 5.97 Å². The molecule has 0 aromatic carbocycles. The van der Waals surface area contributed by atoms with Crippen LogP contribution in [0.15, 0.2) is 0 Å². The molecule has 0 radical (unpaired) electrons. The quantitative estimate of drug-likeness (QED) is 0.0751. The number of hydrogen-bond donors (Lipinski definition) is 8. The molecule has 14 heteroatoms. The van der Waals surface area contributed by atoms with Crippen molar-refractivity contribution in [2.75, 3.05) is 24.3 Å². The molecule has 0 spiro atoms. The third-order valence-corrected chi connectivity index (χ3v) is 5.67. The van der Waals surface area contributed by atoms with Crippen molar-refractivity contribution >= 4 is 54.0 Å². The number of primary amides is 1. The maximum absolute atomic E-state index is 12.9. The molecule has 12 nitrogen and oxygen atoms in total. The lowest BCUT2D eigenvalue weighted by Crippen LogP contribution is -2.57. The minimum absolute atomic E-state index is 0.150. The highest BCUT2D eigenvalue weighted by Crippen LogP contribution is 2.06. The summed E-state index contributed by atoms with van der Waals surface area (Å²) in [7, 11) is 0. The minimum Gasteiger partial charge on any atom is -0.480 e. The number of aliphatic carboxylic acids is 1. The molecule has 0 aromatic rings. The van der Waals surface area contributed by atoms with Crippen LogP contribution in [0.1, 0.15) is 38.5 Å². The summed E-state index contributed by atoms with van der Waals surface area (Å²) in [4.78, 5) is 60.3. The molecule has 0 saturated carbocycles. The number of carbonyl (C=O) groups excluding carboxylic acids is 4. The average molecular weight is 509 g/mol. The molecule has 0 saturated heterocycles. The smallest absolute Gasteiger partial charge is 0.327 e. The molecular weight excluding hydrogens is 472 g/mol. The van der Waals surface area contributed by atoms with E-state index in [-0.39, 0.29) is 25.0 Å². The summed E-state index contributed by atoms with van der Waals surface area (Å²) in [6, 6.07) is -4.33. The molecule has 4 amide bonds. The fraction of sp³-hybridized carbons (Fsp3) is 0.737. The molecule has 0 rings (SSSR count). The second kappa shape index (κ2) is 17.4. The first-order valence-corrected chi connectivity index (χ1v) is 12.6. The summed E-state index contributed by atoms with van der Waals surface area (Å²) < 4.78 is 0. The zero-order valence-electron chi connectivity index (χ0n) is 18.7. The molecular formula is C19H36N6O6S2. The van der Waals surface area contributed by atoms with Gasteiger partial charge in [-0.15, -0.1) is 0 Å². The summed E-state index contributed by atoms with van der Waals surface area (Å²) in [5, 5.41) is 16.5. The number of thioether (sulfide) groups is 1. The van der Waals surface area contributed by atoms with E-state index in [9.17, 15) is 24.0 Å². The number of unbranched alkanes of at least 4 members (excludes halogenated alkanes) is 1. The van der Waals surface area contributed by atoms with Crippen molar-refractivity contribution in [1.29, 1.82) is 0 Å². The molecule has 4 atom stereocenters. The van der Waals surface area contributed by atoms with Gasteiger partial charge in [-0.3, -0.25) is 19.2 Å². The maximum Gasteiger partial charge on any atom is 0.327 e. The van der Waals surface area contributed by atoms with Gasteiger partial charge in [0.2, 0.25) is 23.6 Å². The standard InChI is InChI=1S/C19H36N6O6S2/c1-33-9-7-11(21)16(27)23-12(4-2-3-8-20)17(28)24-13(5-6-15(22)26)18(29)25-14(10-32)19(30)31/h11-14,32H,2-10,20-21H2,1H3,(H2,22,26)(H,23,27)(H,24,28)(H,25,29)(H,30,31). The fourth-order valence-corrected chi connectivity index (χ4v) is 3.44. The zero-order chi connectivity index (χ0) is 25.4. The number of thiol groups is 1. The monoisotopic (exact) mass is 508 g/mol. The number of rotatable bonds is 18. The van der Waals surface area contributed by atoms with E-state index in [4.69, 9.17) is 22.3 Å². The molecule has 4 unspecified atom stereocenters. The lowest BCUT2D eigenvalue weighted by atomic mass is 10.1. The van der Waals surface area contributed by atoms with Gasteiger partial charge in [0.15, 0.2) is 0 Å². The second-order valence-electron chi connectivity index (χ2n) is 7.38. The van der Waals surface area contributed by atoms with Crippen molar-refractivity contribution in [1.82, 2.24) is 16.0 Å². The third kappa shape index (κ3) is 13.3. The van der Waals surface area contributed by atoms with Crippen molar-refractivity contribution in [3.05, 3.63) is 0 Å². The number of nitrogens with two attached hydrogens (primary N) is 3. The number of nitrogens with one attached hydrogen (secondary N) is 3. The van der Waals surface area contributed by atoms with Gasteiger partial charge in [-0.2, -0.15) is 24.4 Å². The topological polar surface area (TPSA) is 220 Å². The van der Waals surface area contributed by atoms with Crippen LogP contribution in [-0.2, 0) is 24.0 Å². The van der Waals surface area contributed by atoms with Crippen LogP contribution in [0, 0.1) is 0 Å². The number of amides is 4. The molecule has 10 N–H and O–H groups in total. The summed E-state index contributed by atoms with van der Waals surface area (Å²) >= 11 is 5.42. The largest absolute Gasteiger partial charge is 0.480 e. The molecule has 0 fully saturated rings. The lowest BCUT2D eigenvalue weighted by molar-refractivity contribution is -0.141. The van der Waals surface area contributed by atoms with Crippen LogP contribution in [0.25, 0.3) is 0 Å². The van der Waals surface area contributed by atoms with E-state index >= 15 is 0 Å². The first-order chi connectivity index (χ1) is 15.6. The second-order valence-corrected chi connectivity index (χ2v) is 8.73. The molecule has 0 aliphatic rings. The van der Waals surface area contributed by atoms with Crippen molar-refractivity contribution in [3.63, 3.8) is 0 Å². The van der Waals surface area contributed by atoms with Crippen molar-refractivity contribution in [3.8, 4) is 0 Å². The average Bonchev–Trinajstić information content (AvgIpc) is 2.76. The van der Waals surface area contributed by atoms with Gasteiger partial charge in [0, 0.05) is 12.2 Å². The highest BCUT2D eigenvalue weighted by molar-refractivity contribution is 7.98. The van der Waals surface area contributed by atoms with Crippen LogP contribution in [-0.4, -0.2) is 83.2 Å². The van der Waals surface area contributed by atoms with Gasteiger partial charge in [0.05, 0.1) is 6.04 Å².